The zero-order valence-electron chi connectivity index (χ0n) is 16.7. The fourth-order valence-electron chi connectivity index (χ4n) is 3.47. The second-order valence-electron chi connectivity index (χ2n) is 7.51. The quantitative estimate of drug-likeness (QED) is 0.499. The van der Waals surface area contributed by atoms with Gasteiger partial charge in [0.25, 0.3) is 0 Å². The summed E-state index contributed by atoms with van der Waals surface area (Å²) in [5, 5.41) is 8.77. The van der Waals surface area contributed by atoms with Gasteiger partial charge in [-0.15, -0.1) is 0 Å². The molecule has 0 spiro atoms. The van der Waals surface area contributed by atoms with Crippen LogP contribution in [0, 0.1) is 24.7 Å². The van der Waals surface area contributed by atoms with Crippen LogP contribution in [0.15, 0.2) is 47.1 Å². The fourth-order valence-corrected chi connectivity index (χ4v) is 3.47. The van der Waals surface area contributed by atoms with Crippen LogP contribution in [0.5, 0.6) is 0 Å². The third-order valence-electron chi connectivity index (χ3n) is 5.19. The maximum absolute atomic E-state index is 12.1. The van der Waals surface area contributed by atoms with Crippen molar-refractivity contribution in [3.63, 3.8) is 0 Å². The average molecular weight is 396 g/mol. The number of hydrogen-bond donors (Lipinski definition) is 2. The molecular formula is C24H20N4O2. The molecule has 3 aromatic heterocycles. The van der Waals surface area contributed by atoms with Gasteiger partial charge in [0.1, 0.15) is 23.0 Å². The van der Waals surface area contributed by atoms with Gasteiger partial charge in [0.15, 0.2) is 0 Å². The molecule has 30 heavy (non-hydrogen) atoms. The second kappa shape index (κ2) is 7.20. The molecule has 0 radical (unpaired) electrons. The molecule has 0 unspecified atom stereocenters. The highest BCUT2D eigenvalue weighted by atomic mass is 16.3. The first-order valence-corrected chi connectivity index (χ1v) is 9.90. The van der Waals surface area contributed by atoms with E-state index in [4.69, 9.17) is 4.42 Å². The first kappa shape index (κ1) is 18.2. The van der Waals surface area contributed by atoms with Gasteiger partial charge in [-0.3, -0.25) is 4.79 Å². The van der Waals surface area contributed by atoms with Gasteiger partial charge >= 0.3 is 0 Å². The highest BCUT2D eigenvalue weighted by molar-refractivity contribution is 5.99. The highest BCUT2D eigenvalue weighted by Crippen LogP contribution is 2.31. The molecule has 0 bridgehead atoms. The number of aryl methyl sites for hydroxylation is 1. The van der Waals surface area contributed by atoms with E-state index in [2.05, 4.69) is 32.4 Å². The van der Waals surface area contributed by atoms with E-state index in [0.29, 0.717) is 5.82 Å². The minimum Gasteiger partial charge on any atom is -0.461 e. The van der Waals surface area contributed by atoms with E-state index in [0.717, 1.165) is 57.3 Å². The Balaban J connectivity index is 1.55. The van der Waals surface area contributed by atoms with E-state index >= 15 is 0 Å². The molecule has 2 N–H and O–H groups in total. The molecule has 148 valence electrons. The molecule has 1 amide bonds. The molecule has 1 fully saturated rings. The number of nitrogens with zero attached hydrogens (tertiary/aromatic N) is 2. The summed E-state index contributed by atoms with van der Waals surface area (Å²) in [5.74, 6) is 8.73. The second-order valence-corrected chi connectivity index (χ2v) is 7.51. The normalized spacial score (nSPS) is 13.1. The van der Waals surface area contributed by atoms with Gasteiger partial charge in [0, 0.05) is 47.1 Å². The summed E-state index contributed by atoms with van der Waals surface area (Å²) in [7, 11) is 1.82. The molecule has 6 heteroatoms. The average Bonchev–Trinajstić information content (AvgIpc) is 3.53. The maximum atomic E-state index is 12.1. The summed E-state index contributed by atoms with van der Waals surface area (Å²) in [4.78, 5) is 21.0. The number of furan rings is 1. The molecule has 0 aliphatic heterocycles. The van der Waals surface area contributed by atoms with Gasteiger partial charge in [-0.1, -0.05) is 11.8 Å². The molecule has 1 saturated carbocycles. The van der Waals surface area contributed by atoms with Crippen molar-refractivity contribution in [1.29, 1.82) is 0 Å². The maximum Gasteiger partial charge on any atom is 0.228 e. The van der Waals surface area contributed by atoms with Crippen LogP contribution in [-0.4, -0.2) is 22.9 Å². The van der Waals surface area contributed by atoms with Crippen molar-refractivity contribution in [3.05, 3.63) is 59.6 Å². The van der Waals surface area contributed by atoms with Crippen molar-refractivity contribution in [3.8, 4) is 11.8 Å². The molecular weight excluding hydrogens is 376 g/mol. The Morgan fingerprint density at radius 2 is 1.97 bits per heavy atom. The first-order valence-electron chi connectivity index (χ1n) is 9.90. The molecule has 5 rings (SSSR count). The van der Waals surface area contributed by atoms with Gasteiger partial charge in [-0.25, -0.2) is 9.97 Å². The van der Waals surface area contributed by atoms with Crippen molar-refractivity contribution in [2.75, 3.05) is 17.7 Å². The molecule has 3 heterocycles. The molecule has 1 aliphatic rings. The van der Waals surface area contributed by atoms with Crippen LogP contribution in [0.2, 0.25) is 0 Å². The molecule has 1 aromatic carbocycles. The lowest BCUT2D eigenvalue weighted by atomic mass is 10.1. The molecule has 0 atom stereocenters. The van der Waals surface area contributed by atoms with Gasteiger partial charge in [-0.05, 0) is 50.1 Å². The minimum absolute atomic E-state index is 0.0288. The van der Waals surface area contributed by atoms with Gasteiger partial charge in [-0.2, -0.15) is 0 Å². The Morgan fingerprint density at radius 1 is 1.10 bits per heavy atom. The van der Waals surface area contributed by atoms with Crippen LogP contribution < -0.4 is 10.6 Å². The van der Waals surface area contributed by atoms with E-state index < -0.39 is 0 Å². The Bertz CT molecular complexity index is 1360. The van der Waals surface area contributed by atoms with Crippen molar-refractivity contribution >= 4 is 39.3 Å². The zero-order valence-corrected chi connectivity index (χ0v) is 16.7. The highest BCUT2D eigenvalue weighted by Gasteiger charge is 2.29. The smallest absolute Gasteiger partial charge is 0.228 e. The van der Waals surface area contributed by atoms with E-state index in [1.54, 1.807) is 12.4 Å². The zero-order chi connectivity index (χ0) is 20.7. The van der Waals surface area contributed by atoms with Crippen molar-refractivity contribution in [2.24, 2.45) is 5.92 Å². The summed E-state index contributed by atoms with van der Waals surface area (Å²) in [5.41, 5.74) is 2.52. The number of carbonyl (C=O) groups excluding carboxylic acids is 1. The summed E-state index contributed by atoms with van der Waals surface area (Å²) in [6.45, 7) is 1.93. The number of anilines is 2. The number of benzene rings is 1. The Kier molecular flexibility index (Phi) is 4.36. The van der Waals surface area contributed by atoms with E-state index in [-0.39, 0.29) is 11.8 Å². The predicted molar refractivity (Wildman–Crippen MR) is 117 cm³/mol. The number of fused-ring (bicyclic) bond motifs is 2. The number of rotatable bonds is 3. The standard InChI is InChI=1S/C24H20N4O2/c1-14-9-18-10-15(4-8-21(18)30-14)3-5-17-12-27-23(25-2)20-13-26-22(11-19(17)20)28-24(29)16-6-7-16/h4,8-13,16H,6-7H2,1-2H3,(H,25,27)(H,26,28,29). The van der Waals surface area contributed by atoms with Crippen LogP contribution in [0.25, 0.3) is 21.7 Å². The van der Waals surface area contributed by atoms with Crippen LogP contribution in [0.1, 0.15) is 29.7 Å². The number of pyridine rings is 2. The molecule has 0 saturated heterocycles. The fraction of sp³-hybridized carbons (Fsp3) is 0.208. The molecule has 4 aromatic rings. The van der Waals surface area contributed by atoms with Crippen molar-refractivity contribution in [2.45, 2.75) is 19.8 Å². The number of hydrogen-bond acceptors (Lipinski definition) is 5. The summed E-state index contributed by atoms with van der Waals surface area (Å²) < 4.78 is 5.63. The largest absolute Gasteiger partial charge is 0.461 e. The third kappa shape index (κ3) is 3.46. The Hall–Kier alpha value is -3.85. The monoisotopic (exact) mass is 396 g/mol. The van der Waals surface area contributed by atoms with E-state index in [9.17, 15) is 4.79 Å². The first-order chi connectivity index (χ1) is 14.6. The van der Waals surface area contributed by atoms with Crippen LogP contribution in [-0.2, 0) is 4.79 Å². The third-order valence-corrected chi connectivity index (χ3v) is 5.19. The lowest BCUT2D eigenvalue weighted by Crippen LogP contribution is -2.14. The summed E-state index contributed by atoms with van der Waals surface area (Å²) in [6, 6.07) is 9.75. The predicted octanol–water partition coefficient (Wildman–Crippen LogP) is 4.47. The Morgan fingerprint density at radius 3 is 2.77 bits per heavy atom. The number of nitrogens with one attached hydrogen (secondary N) is 2. The molecule has 6 nitrogen and oxygen atoms in total. The van der Waals surface area contributed by atoms with Crippen LogP contribution >= 0.6 is 0 Å². The van der Waals surface area contributed by atoms with Crippen molar-refractivity contribution < 1.29 is 9.21 Å². The number of carbonyl (C=O) groups is 1. The summed E-state index contributed by atoms with van der Waals surface area (Å²) in [6.07, 6.45) is 5.37. The lowest BCUT2D eigenvalue weighted by molar-refractivity contribution is -0.117. The van der Waals surface area contributed by atoms with Gasteiger partial charge in [0.05, 0.1) is 5.56 Å². The Labute approximate surface area is 173 Å². The lowest BCUT2D eigenvalue weighted by Gasteiger charge is -2.09. The molecule has 1 aliphatic carbocycles. The van der Waals surface area contributed by atoms with Crippen LogP contribution in [0.3, 0.4) is 0 Å². The topological polar surface area (TPSA) is 80.0 Å². The van der Waals surface area contributed by atoms with Gasteiger partial charge < -0.3 is 15.1 Å². The van der Waals surface area contributed by atoms with E-state index in [1.165, 1.54) is 0 Å². The summed E-state index contributed by atoms with van der Waals surface area (Å²) >= 11 is 0. The van der Waals surface area contributed by atoms with E-state index in [1.807, 2.05) is 44.3 Å². The van der Waals surface area contributed by atoms with Crippen molar-refractivity contribution in [1.82, 2.24) is 9.97 Å². The number of amides is 1. The van der Waals surface area contributed by atoms with Crippen LogP contribution in [0.4, 0.5) is 11.6 Å². The minimum atomic E-state index is 0.0288. The number of aromatic nitrogens is 2. The van der Waals surface area contributed by atoms with Gasteiger partial charge in [0.2, 0.25) is 5.91 Å². The SMILES string of the molecule is CNc1ncc(C#Cc2ccc3oc(C)cc3c2)c2cc(NC(=O)C3CC3)ncc12.